The Labute approximate surface area is 161 Å². The number of sulfone groups is 1. The van der Waals surface area contributed by atoms with Gasteiger partial charge in [0.25, 0.3) is 5.91 Å². The van der Waals surface area contributed by atoms with Gasteiger partial charge in [-0.2, -0.15) is 0 Å². The molecule has 0 radical (unpaired) electrons. The first-order chi connectivity index (χ1) is 13.4. The lowest BCUT2D eigenvalue weighted by Gasteiger charge is -2.19. The molecule has 4 rings (SSSR count). The van der Waals surface area contributed by atoms with Crippen LogP contribution in [0.4, 0.5) is 5.69 Å². The monoisotopic (exact) mass is 393 g/mol. The molecule has 0 fully saturated rings. The predicted molar refractivity (Wildman–Crippen MR) is 103 cm³/mol. The highest BCUT2D eigenvalue weighted by molar-refractivity contribution is 7.91. The van der Waals surface area contributed by atoms with Crippen molar-refractivity contribution in [3.05, 3.63) is 83.4 Å². The van der Waals surface area contributed by atoms with E-state index in [0.717, 1.165) is 0 Å². The van der Waals surface area contributed by atoms with Crippen molar-refractivity contribution >= 4 is 27.2 Å². The molecule has 0 atom stereocenters. The van der Waals surface area contributed by atoms with Crippen molar-refractivity contribution in [1.82, 2.24) is 0 Å². The number of carbonyl (C=O) groups is 2. The standard InChI is InChI=1S/C21H15NO5S/c1-27-15-6-4-5-14(12-15)22-21(24)13-9-10-17-19(11-13)28(25,26)18-8-3-2-7-16(18)20(17)23/h2-12H,1H3,(H,22,24). The molecule has 1 amide bonds. The van der Waals surface area contributed by atoms with Gasteiger partial charge in [-0.05, 0) is 42.5 Å². The molecule has 0 spiro atoms. The molecule has 0 unspecified atom stereocenters. The first-order valence-electron chi connectivity index (χ1n) is 8.40. The van der Waals surface area contributed by atoms with Crippen molar-refractivity contribution in [2.45, 2.75) is 9.79 Å². The number of nitrogens with one attached hydrogen (secondary N) is 1. The van der Waals surface area contributed by atoms with Crippen LogP contribution in [0.2, 0.25) is 0 Å². The maximum atomic E-state index is 13.0. The zero-order valence-corrected chi connectivity index (χ0v) is 15.6. The first-order valence-corrected chi connectivity index (χ1v) is 9.88. The Kier molecular flexibility index (Phi) is 4.24. The minimum atomic E-state index is -3.89. The van der Waals surface area contributed by atoms with Gasteiger partial charge in [0, 0.05) is 28.4 Å². The number of rotatable bonds is 3. The first kappa shape index (κ1) is 17.9. The van der Waals surface area contributed by atoms with Crippen LogP contribution in [0.15, 0.2) is 76.5 Å². The van der Waals surface area contributed by atoms with E-state index in [9.17, 15) is 18.0 Å². The molecule has 1 aliphatic heterocycles. The summed E-state index contributed by atoms with van der Waals surface area (Å²) in [7, 11) is -2.38. The molecular weight excluding hydrogens is 378 g/mol. The number of benzene rings is 3. The number of hydrogen-bond acceptors (Lipinski definition) is 5. The smallest absolute Gasteiger partial charge is 0.255 e. The van der Waals surface area contributed by atoms with Gasteiger partial charge in [0.05, 0.1) is 16.9 Å². The Morgan fingerprint density at radius 3 is 2.43 bits per heavy atom. The molecule has 1 N–H and O–H groups in total. The van der Waals surface area contributed by atoms with Crippen LogP contribution in [0.25, 0.3) is 0 Å². The van der Waals surface area contributed by atoms with Crippen LogP contribution in [-0.4, -0.2) is 27.2 Å². The molecule has 140 valence electrons. The fourth-order valence-corrected chi connectivity index (χ4v) is 4.81. The fraction of sp³-hybridized carbons (Fsp3) is 0.0476. The molecule has 0 saturated heterocycles. The van der Waals surface area contributed by atoms with Gasteiger partial charge >= 0.3 is 0 Å². The number of hydrogen-bond donors (Lipinski definition) is 1. The fourth-order valence-electron chi connectivity index (χ4n) is 3.13. The number of amides is 1. The lowest BCUT2D eigenvalue weighted by atomic mass is 10.0. The molecule has 1 aliphatic rings. The zero-order chi connectivity index (χ0) is 19.9. The maximum Gasteiger partial charge on any atom is 0.255 e. The second-order valence-corrected chi connectivity index (χ2v) is 8.11. The maximum absolute atomic E-state index is 13.0. The minimum absolute atomic E-state index is 0.0437. The third kappa shape index (κ3) is 2.86. The highest BCUT2D eigenvalue weighted by atomic mass is 32.2. The van der Waals surface area contributed by atoms with Crippen molar-refractivity contribution in [2.75, 3.05) is 12.4 Å². The van der Waals surface area contributed by atoms with E-state index in [2.05, 4.69) is 5.32 Å². The Morgan fingerprint density at radius 2 is 1.64 bits per heavy atom. The Bertz CT molecular complexity index is 1230. The topological polar surface area (TPSA) is 89.5 Å². The molecule has 3 aromatic rings. The predicted octanol–water partition coefficient (Wildman–Crippen LogP) is 3.32. The van der Waals surface area contributed by atoms with Gasteiger partial charge in [-0.25, -0.2) is 8.42 Å². The summed E-state index contributed by atoms with van der Waals surface area (Å²) in [6.07, 6.45) is 0. The third-order valence-corrected chi connectivity index (χ3v) is 6.38. The average molecular weight is 393 g/mol. The largest absolute Gasteiger partial charge is 0.497 e. The van der Waals surface area contributed by atoms with Crippen molar-refractivity contribution < 1.29 is 22.7 Å². The number of ketones is 1. The lowest BCUT2D eigenvalue weighted by Crippen LogP contribution is -2.21. The van der Waals surface area contributed by atoms with Gasteiger partial charge in [-0.15, -0.1) is 0 Å². The number of carbonyl (C=O) groups excluding carboxylic acids is 2. The van der Waals surface area contributed by atoms with Crippen molar-refractivity contribution in [2.24, 2.45) is 0 Å². The Balaban J connectivity index is 1.74. The summed E-state index contributed by atoms with van der Waals surface area (Å²) in [5, 5.41) is 2.70. The number of methoxy groups -OCH3 is 1. The molecule has 28 heavy (non-hydrogen) atoms. The van der Waals surface area contributed by atoms with E-state index >= 15 is 0 Å². The van der Waals surface area contributed by atoms with Crippen molar-refractivity contribution in [3.63, 3.8) is 0 Å². The number of anilines is 1. The minimum Gasteiger partial charge on any atom is -0.497 e. The molecule has 6 nitrogen and oxygen atoms in total. The normalized spacial score (nSPS) is 14.0. The molecule has 0 aromatic heterocycles. The van der Waals surface area contributed by atoms with Gasteiger partial charge < -0.3 is 10.1 Å². The van der Waals surface area contributed by atoms with Gasteiger partial charge in [0.1, 0.15) is 5.75 Å². The highest BCUT2D eigenvalue weighted by Crippen LogP contribution is 2.34. The lowest BCUT2D eigenvalue weighted by molar-refractivity contribution is 0.101. The summed E-state index contributed by atoms with van der Waals surface area (Å²) >= 11 is 0. The summed E-state index contributed by atoms with van der Waals surface area (Å²) < 4.78 is 31.0. The summed E-state index contributed by atoms with van der Waals surface area (Å²) in [5.74, 6) is -0.286. The van der Waals surface area contributed by atoms with Crippen LogP contribution in [0.3, 0.4) is 0 Å². The van der Waals surface area contributed by atoms with Crippen molar-refractivity contribution in [3.8, 4) is 5.75 Å². The van der Waals surface area contributed by atoms with E-state index in [1.165, 1.54) is 37.4 Å². The Morgan fingerprint density at radius 1 is 0.893 bits per heavy atom. The van der Waals surface area contributed by atoms with Crippen molar-refractivity contribution in [1.29, 1.82) is 0 Å². The molecule has 0 saturated carbocycles. The second kappa shape index (κ2) is 6.61. The average Bonchev–Trinajstić information content (AvgIpc) is 2.72. The second-order valence-electron chi connectivity index (χ2n) is 6.23. The van der Waals surface area contributed by atoms with Gasteiger partial charge in [-0.1, -0.05) is 18.2 Å². The summed E-state index contributed by atoms with van der Waals surface area (Å²) in [4.78, 5) is 25.1. The van der Waals surface area contributed by atoms with Crippen LogP contribution in [0.5, 0.6) is 5.75 Å². The SMILES string of the molecule is COc1cccc(NC(=O)c2ccc3c(c2)S(=O)(=O)c2ccccc2C3=O)c1. The Hall–Kier alpha value is -3.45. The molecule has 3 aromatic carbocycles. The van der Waals surface area contributed by atoms with E-state index in [1.807, 2.05) is 0 Å². The molecule has 1 heterocycles. The van der Waals surface area contributed by atoms with Gasteiger partial charge in [-0.3, -0.25) is 9.59 Å². The molecule has 7 heteroatoms. The van der Waals surface area contributed by atoms with Crippen LogP contribution in [-0.2, 0) is 9.84 Å². The van der Waals surface area contributed by atoms with E-state index in [-0.39, 0.29) is 32.3 Å². The molecule has 0 aliphatic carbocycles. The van der Waals surface area contributed by atoms with E-state index in [0.29, 0.717) is 11.4 Å². The third-order valence-electron chi connectivity index (χ3n) is 4.53. The highest BCUT2D eigenvalue weighted by Gasteiger charge is 2.35. The van der Waals surface area contributed by atoms with Crippen LogP contribution >= 0.6 is 0 Å². The number of fused-ring (bicyclic) bond motifs is 2. The van der Waals surface area contributed by atoms with Crippen LogP contribution < -0.4 is 10.1 Å². The quantitative estimate of drug-likeness (QED) is 0.577. The molecule has 0 bridgehead atoms. The summed E-state index contributed by atoms with van der Waals surface area (Å²) in [6, 6.07) is 16.9. The van der Waals surface area contributed by atoms with Gasteiger partial charge in [0.2, 0.25) is 9.84 Å². The van der Waals surface area contributed by atoms with Crippen LogP contribution in [0.1, 0.15) is 26.3 Å². The van der Waals surface area contributed by atoms with E-state index in [4.69, 9.17) is 4.74 Å². The summed E-state index contributed by atoms with van der Waals surface area (Å²) in [6.45, 7) is 0. The van der Waals surface area contributed by atoms with Crippen LogP contribution in [0, 0.1) is 0 Å². The zero-order valence-electron chi connectivity index (χ0n) is 14.8. The number of ether oxygens (including phenoxy) is 1. The van der Waals surface area contributed by atoms with Gasteiger partial charge in [0.15, 0.2) is 5.78 Å². The molecular formula is C21H15NO5S. The van der Waals surface area contributed by atoms with E-state index < -0.39 is 15.7 Å². The van der Waals surface area contributed by atoms with E-state index in [1.54, 1.807) is 36.4 Å². The summed E-state index contributed by atoms with van der Waals surface area (Å²) in [5.41, 5.74) is 0.851.